The minimum absolute atomic E-state index is 0.0278. The number of hydrogen-bond acceptors (Lipinski definition) is 6. The Labute approximate surface area is 148 Å². The molecule has 0 bridgehead atoms. The number of aliphatic hydroxyl groups excluding tert-OH is 1. The molecular formula is C16H17ClN2O4S. The molecule has 2 atom stereocenters. The van der Waals surface area contributed by atoms with Gasteiger partial charge in [-0.2, -0.15) is 0 Å². The Morgan fingerprint density at radius 1 is 1.50 bits per heavy atom. The van der Waals surface area contributed by atoms with Crippen LogP contribution in [0.1, 0.15) is 17.4 Å². The molecule has 1 fully saturated rings. The normalized spacial score (nSPS) is 19.2. The highest BCUT2D eigenvalue weighted by molar-refractivity contribution is 7.10. The van der Waals surface area contributed by atoms with E-state index < -0.39 is 11.0 Å². The summed E-state index contributed by atoms with van der Waals surface area (Å²) in [6.45, 7) is 1.44. The van der Waals surface area contributed by atoms with E-state index in [0.717, 1.165) is 4.88 Å². The van der Waals surface area contributed by atoms with Crippen LogP contribution in [0.5, 0.6) is 0 Å². The summed E-state index contributed by atoms with van der Waals surface area (Å²) in [7, 11) is 0. The van der Waals surface area contributed by atoms with Gasteiger partial charge in [0.05, 0.1) is 30.3 Å². The molecule has 2 heterocycles. The van der Waals surface area contributed by atoms with Crippen molar-refractivity contribution in [3.8, 4) is 0 Å². The highest BCUT2D eigenvalue weighted by atomic mass is 35.5. The first-order valence-corrected chi connectivity index (χ1v) is 8.82. The lowest BCUT2D eigenvalue weighted by molar-refractivity contribution is -0.384. The van der Waals surface area contributed by atoms with Crippen LogP contribution in [0.25, 0.3) is 0 Å². The molecular weight excluding hydrogens is 352 g/mol. The highest BCUT2D eigenvalue weighted by Crippen LogP contribution is 2.35. The van der Waals surface area contributed by atoms with Gasteiger partial charge in [-0.05, 0) is 23.6 Å². The smallest absolute Gasteiger partial charge is 0.294 e. The number of halogens is 1. The van der Waals surface area contributed by atoms with Crippen LogP contribution in [0.4, 0.5) is 11.4 Å². The van der Waals surface area contributed by atoms with Crippen LogP contribution in [0, 0.1) is 10.1 Å². The number of benzene rings is 1. The molecule has 1 saturated heterocycles. The second-order valence-electron chi connectivity index (χ2n) is 5.58. The molecule has 3 rings (SSSR count). The maximum absolute atomic E-state index is 11.4. The molecule has 0 saturated carbocycles. The van der Waals surface area contributed by atoms with E-state index in [2.05, 4.69) is 0 Å². The average molecular weight is 369 g/mol. The van der Waals surface area contributed by atoms with E-state index in [4.69, 9.17) is 16.3 Å². The largest absolute Gasteiger partial charge is 0.387 e. The van der Waals surface area contributed by atoms with E-state index in [9.17, 15) is 15.2 Å². The summed E-state index contributed by atoms with van der Waals surface area (Å²) in [5.41, 5.74) is 0.482. The van der Waals surface area contributed by atoms with E-state index in [1.165, 1.54) is 17.4 Å². The monoisotopic (exact) mass is 368 g/mol. The Bertz CT molecular complexity index is 710. The predicted octanol–water partition coefficient (Wildman–Crippen LogP) is 3.64. The SMILES string of the molecule is O=[N+]([O-])c1cc(Cl)ccc1N1CCOCC1CC(O)c1cccs1. The Morgan fingerprint density at radius 3 is 3.04 bits per heavy atom. The molecule has 0 aliphatic carbocycles. The number of nitro groups is 1. The molecule has 24 heavy (non-hydrogen) atoms. The summed E-state index contributed by atoms with van der Waals surface area (Å²) in [5.74, 6) is 0. The second kappa shape index (κ2) is 7.48. The third-order valence-electron chi connectivity index (χ3n) is 4.04. The zero-order valence-electron chi connectivity index (χ0n) is 12.8. The lowest BCUT2D eigenvalue weighted by Crippen LogP contribution is -2.46. The van der Waals surface area contributed by atoms with Crippen LogP contribution in [0.2, 0.25) is 5.02 Å². The number of hydrogen-bond donors (Lipinski definition) is 1. The third-order valence-corrected chi connectivity index (χ3v) is 5.25. The molecule has 128 valence electrons. The summed E-state index contributed by atoms with van der Waals surface area (Å²) in [5, 5.41) is 24.0. The van der Waals surface area contributed by atoms with E-state index in [0.29, 0.717) is 36.9 Å². The van der Waals surface area contributed by atoms with Gasteiger partial charge in [0.25, 0.3) is 5.69 Å². The highest BCUT2D eigenvalue weighted by Gasteiger charge is 2.30. The molecule has 0 spiro atoms. The van der Waals surface area contributed by atoms with Crippen LogP contribution < -0.4 is 4.90 Å². The Kier molecular flexibility index (Phi) is 5.35. The molecule has 1 aliphatic rings. The zero-order chi connectivity index (χ0) is 17.1. The Hall–Kier alpha value is -1.67. The van der Waals surface area contributed by atoms with Crippen molar-refractivity contribution in [2.45, 2.75) is 18.6 Å². The van der Waals surface area contributed by atoms with Crippen LogP contribution in [-0.4, -0.2) is 35.8 Å². The first kappa shape index (κ1) is 17.2. The van der Waals surface area contributed by atoms with Crippen molar-refractivity contribution in [1.29, 1.82) is 0 Å². The number of thiophene rings is 1. The summed E-state index contributed by atoms with van der Waals surface area (Å²) >= 11 is 7.39. The number of ether oxygens (including phenoxy) is 1. The van der Waals surface area contributed by atoms with Gasteiger partial charge in [0.1, 0.15) is 5.69 Å². The maximum Gasteiger partial charge on any atom is 0.294 e. The van der Waals surface area contributed by atoms with Gasteiger partial charge in [0.2, 0.25) is 0 Å². The van der Waals surface area contributed by atoms with Crippen molar-refractivity contribution in [2.75, 3.05) is 24.7 Å². The number of aliphatic hydroxyl groups is 1. The van der Waals surface area contributed by atoms with E-state index >= 15 is 0 Å². The fourth-order valence-corrected chi connectivity index (χ4v) is 3.80. The molecule has 1 aromatic carbocycles. The minimum atomic E-state index is -0.620. The molecule has 1 N–H and O–H groups in total. The maximum atomic E-state index is 11.4. The second-order valence-corrected chi connectivity index (χ2v) is 6.99. The summed E-state index contributed by atoms with van der Waals surface area (Å²) in [4.78, 5) is 13.8. The van der Waals surface area contributed by atoms with Crippen molar-refractivity contribution in [3.63, 3.8) is 0 Å². The molecule has 0 amide bonds. The quantitative estimate of drug-likeness (QED) is 0.644. The molecule has 8 heteroatoms. The summed E-state index contributed by atoms with van der Waals surface area (Å²) in [6.07, 6.45) is -0.175. The molecule has 1 aromatic heterocycles. The molecule has 0 radical (unpaired) electrons. The van der Waals surface area contributed by atoms with Gasteiger partial charge < -0.3 is 14.7 Å². The Morgan fingerprint density at radius 2 is 2.33 bits per heavy atom. The van der Waals surface area contributed by atoms with Crippen molar-refractivity contribution >= 4 is 34.3 Å². The fraction of sp³-hybridized carbons (Fsp3) is 0.375. The van der Waals surface area contributed by atoms with E-state index in [1.54, 1.807) is 12.1 Å². The minimum Gasteiger partial charge on any atom is -0.387 e. The molecule has 1 aliphatic heterocycles. The Balaban J connectivity index is 1.86. The number of anilines is 1. The lowest BCUT2D eigenvalue weighted by atomic mass is 10.0. The van der Waals surface area contributed by atoms with Crippen molar-refractivity contribution in [2.24, 2.45) is 0 Å². The van der Waals surface area contributed by atoms with E-state index in [-0.39, 0.29) is 11.7 Å². The third kappa shape index (κ3) is 3.70. The van der Waals surface area contributed by atoms with Gasteiger partial charge in [-0.15, -0.1) is 11.3 Å². The van der Waals surface area contributed by atoms with Gasteiger partial charge in [-0.3, -0.25) is 10.1 Å². The van der Waals surface area contributed by atoms with Crippen molar-refractivity contribution < 1.29 is 14.8 Å². The molecule has 6 nitrogen and oxygen atoms in total. The van der Waals surface area contributed by atoms with Gasteiger partial charge >= 0.3 is 0 Å². The summed E-state index contributed by atoms with van der Waals surface area (Å²) < 4.78 is 5.53. The summed E-state index contributed by atoms with van der Waals surface area (Å²) in [6, 6.07) is 8.30. The fourth-order valence-electron chi connectivity index (χ4n) is 2.91. The molecule has 2 unspecified atom stereocenters. The van der Waals surface area contributed by atoms with Gasteiger partial charge in [-0.1, -0.05) is 17.7 Å². The van der Waals surface area contributed by atoms with Gasteiger partial charge in [0.15, 0.2) is 0 Å². The van der Waals surface area contributed by atoms with Gasteiger partial charge in [-0.25, -0.2) is 0 Å². The zero-order valence-corrected chi connectivity index (χ0v) is 14.4. The average Bonchev–Trinajstić information content (AvgIpc) is 3.10. The standard InChI is InChI=1S/C16H17ClN2O4S/c17-11-3-4-13(14(8-11)19(21)22)18-5-6-23-10-12(18)9-15(20)16-2-1-7-24-16/h1-4,7-8,12,15,20H,5-6,9-10H2. The van der Waals surface area contributed by atoms with Crippen molar-refractivity contribution in [1.82, 2.24) is 0 Å². The van der Waals surface area contributed by atoms with Crippen LogP contribution in [-0.2, 0) is 4.74 Å². The number of nitrogens with zero attached hydrogens (tertiary/aromatic N) is 2. The predicted molar refractivity (Wildman–Crippen MR) is 94.0 cm³/mol. The van der Waals surface area contributed by atoms with Crippen molar-refractivity contribution in [3.05, 3.63) is 55.7 Å². The van der Waals surface area contributed by atoms with Gasteiger partial charge in [0, 0.05) is 28.9 Å². The first-order chi connectivity index (χ1) is 11.6. The number of morpholine rings is 1. The van der Waals surface area contributed by atoms with Crippen LogP contribution in [0.15, 0.2) is 35.7 Å². The first-order valence-electron chi connectivity index (χ1n) is 7.56. The van der Waals surface area contributed by atoms with E-state index in [1.807, 2.05) is 22.4 Å². The van der Waals surface area contributed by atoms with Crippen LogP contribution >= 0.6 is 22.9 Å². The molecule has 2 aromatic rings. The number of nitro benzene ring substituents is 1. The number of rotatable bonds is 5. The van der Waals surface area contributed by atoms with Crippen LogP contribution in [0.3, 0.4) is 0 Å². The lowest BCUT2D eigenvalue weighted by Gasteiger charge is -2.37. The topological polar surface area (TPSA) is 75.8 Å².